The van der Waals surface area contributed by atoms with Crippen molar-refractivity contribution in [3.63, 3.8) is 0 Å². The van der Waals surface area contributed by atoms with Gasteiger partial charge in [0.15, 0.2) is 0 Å². The van der Waals surface area contributed by atoms with E-state index in [1.807, 2.05) is 24.4 Å². The summed E-state index contributed by atoms with van der Waals surface area (Å²) in [6, 6.07) is 7.81. The number of rotatable bonds is 2. The number of nitrogens with one attached hydrogen (secondary N) is 1. The Hall–Kier alpha value is -1.79. The highest BCUT2D eigenvalue weighted by Gasteiger charge is 2.09. The van der Waals surface area contributed by atoms with Crippen molar-refractivity contribution in [2.75, 3.05) is 0 Å². The van der Waals surface area contributed by atoms with Crippen LogP contribution >= 0.6 is 0 Å². The van der Waals surface area contributed by atoms with Gasteiger partial charge in [-0.05, 0) is 24.1 Å². The van der Waals surface area contributed by atoms with Crippen molar-refractivity contribution in [3.05, 3.63) is 35.5 Å². The molecule has 1 atom stereocenters. The predicted octanol–water partition coefficient (Wildman–Crippen LogP) is 2.45. The lowest BCUT2D eigenvalue weighted by molar-refractivity contribution is 0.704. The Labute approximate surface area is 88.5 Å². The molecule has 0 radical (unpaired) electrons. The lowest BCUT2D eigenvalue weighted by Gasteiger charge is -2.06. The molecule has 0 amide bonds. The molecule has 0 bridgehead atoms. The maximum atomic E-state index is 8.77. The first kappa shape index (κ1) is 9.75. The molecule has 1 aromatic carbocycles. The van der Waals surface area contributed by atoms with Gasteiger partial charge < -0.3 is 10.7 Å². The van der Waals surface area contributed by atoms with E-state index in [0.717, 1.165) is 22.9 Å². The number of aromatic amines is 1. The van der Waals surface area contributed by atoms with Gasteiger partial charge in [0.25, 0.3) is 0 Å². The highest BCUT2D eigenvalue weighted by Crippen LogP contribution is 2.25. The van der Waals surface area contributed by atoms with Gasteiger partial charge >= 0.3 is 0 Å². The van der Waals surface area contributed by atoms with Crippen molar-refractivity contribution in [2.24, 2.45) is 5.73 Å². The highest BCUT2D eigenvalue weighted by atomic mass is 14.7. The number of hydrogen-bond donors (Lipinski definition) is 2. The summed E-state index contributed by atoms with van der Waals surface area (Å²) >= 11 is 0. The van der Waals surface area contributed by atoms with Crippen molar-refractivity contribution < 1.29 is 0 Å². The van der Waals surface area contributed by atoms with Crippen LogP contribution in [0.25, 0.3) is 10.9 Å². The van der Waals surface area contributed by atoms with Gasteiger partial charge in [0.05, 0.1) is 11.6 Å². The van der Waals surface area contributed by atoms with E-state index in [2.05, 4.69) is 18.0 Å². The predicted molar refractivity (Wildman–Crippen MR) is 60.2 cm³/mol. The Balaban J connectivity index is 2.58. The zero-order valence-corrected chi connectivity index (χ0v) is 8.62. The summed E-state index contributed by atoms with van der Waals surface area (Å²) < 4.78 is 0. The Kier molecular flexibility index (Phi) is 2.44. The Morgan fingerprint density at radius 2 is 2.33 bits per heavy atom. The lowest BCUT2D eigenvalue weighted by Crippen LogP contribution is -2.07. The second-order valence-electron chi connectivity index (χ2n) is 3.63. The van der Waals surface area contributed by atoms with Crippen LogP contribution in [0, 0.1) is 11.3 Å². The summed E-state index contributed by atoms with van der Waals surface area (Å²) in [4.78, 5) is 3.15. The summed E-state index contributed by atoms with van der Waals surface area (Å²) in [6.07, 6.45) is 2.84. The van der Waals surface area contributed by atoms with Crippen LogP contribution in [0.2, 0.25) is 0 Å². The van der Waals surface area contributed by atoms with E-state index < -0.39 is 0 Å². The fourth-order valence-electron chi connectivity index (χ4n) is 1.74. The van der Waals surface area contributed by atoms with Crippen LogP contribution in [-0.4, -0.2) is 4.98 Å². The van der Waals surface area contributed by atoms with Crippen LogP contribution < -0.4 is 5.73 Å². The van der Waals surface area contributed by atoms with E-state index in [-0.39, 0.29) is 6.04 Å². The molecule has 0 saturated heterocycles. The largest absolute Gasteiger partial charge is 0.361 e. The molecule has 0 aliphatic carbocycles. The molecule has 0 saturated carbocycles. The molecule has 2 rings (SSSR count). The van der Waals surface area contributed by atoms with Crippen LogP contribution in [0.3, 0.4) is 0 Å². The van der Waals surface area contributed by atoms with E-state index in [1.54, 1.807) is 0 Å². The zero-order chi connectivity index (χ0) is 10.8. The second kappa shape index (κ2) is 3.76. The van der Waals surface area contributed by atoms with Gasteiger partial charge in [-0.15, -0.1) is 0 Å². The van der Waals surface area contributed by atoms with E-state index in [1.165, 1.54) is 0 Å². The standard InChI is InChI=1S/C12H13N3/c1-2-11(14)10-7-15-12-5-8(6-13)3-4-9(10)12/h3-5,7,11,15H,2,14H2,1H3/t11-/m1/s1. The first-order valence-corrected chi connectivity index (χ1v) is 5.03. The van der Waals surface area contributed by atoms with E-state index in [0.29, 0.717) is 5.56 Å². The van der Waals surface area contributed by atoms with Crippen molar-refractivity contribution in [1.29, 1.82) is 5.26 Å². The Morgan fingerprint density at radius 3 is 3.00 bits per heavy atom. The molecule has 0 spiro atoms. The summed E-state index contributed by atoms with van der Waals surface area (Å²) in [5.74, 6) is 0. The minimum atomic E-state index is 0.0617. The molecule has 1 aromatic heterocycles. The molecular formula is C12H13N3. The topological polar surface area (TPSA) is 65.6 Å². The second-order valence-corrected chi connectivity index (χ2v) is 3.63. The fraction of sp³-hybridized carbons (Fsp3) is 0.250. The molecule has 0 aliphatic heterocycles. The minimum Gasteiger partial charge on any atom is -0.361 e. The number of nitrogens with zero attached hydrogens (tertiary/aromatic N) is 1. The van der Waals surface area contributed by atoms with Crippen molar-refractivity contribution in [3.8, 4) is 6.07 Å². The molecule has 0 fully saturated rings. The molecule has 1 heterocycles. The van der Waals surface area contributed by atoms with Crippen LogP contribution in [-0.2, 0) is 0 Å². The summed E-state index contributed by atoms with van der Waals surface area (Å²) in [5, 5.41) is 9.88. The van der Waals surface area contributed by atoms with Crippen molar-refractivity contribution >= 4 is 10.9 Å². The summed E-state index contributed by atoms with van der Waals surface area (Å²) in [6.45, 7) is 2.06. The Morgan fingerprint density at radius 1 is 1.53 bits per heavy atom. The molecule has 3 heteroatoms. The number of hydrogen-bond acceptors (Lipinski definition) is 2. The van der Waals surface area contributed by atoms with Crippen molar-refractivity contribution in [2.45, 2.75) is 19.4 Å². The Bertz CT molecular complexity index is 519. The summed E-state index contributed by atoms with van der Waals surface area (Å²) in [7, 11) is 0. The maximum Gasteiger partial charge on any atom is 0.0992 e. The molecule has 15 heavy (non-hydrogen) atoms. The molecule has 0 unspecified atom stereocenters. The molecule has 2 aromatic rings. The number of aromatic nitrogens is 1. The number of fused-ring (bicyclic) bond motifs is 1. The zero-order valence-electron chi connectivity index (χ0n) is 8.62. The monoisotopic (exact) mass is 199 g/mol. The third kappa shape index (κ3) is 1.60. The van der Waals surface area contributed by atoms with Crippen LogP contribution in [0.15, 0.2) is 24.4 Å². The van der Waals surface area contributed by atoms with Gasteiger partial charge in [-0.2, -0.15) is 5.26 Å². The third-order valence-electron chi connectivity index (χ3n) is 2.68. The number of benzene rings is 1. The van der Waals surface area contributed by atoms with Gasteiger partial charge in [0.2, 0.25) is 0 Å². The molecular weight excluding hydrogens is 186 g/mol. The number of H-pyrrole nitrogens is 1. The smallest absolute Gasteiger partial charge is 0.0992 e. The van der Waals surface area contributed by atoms with Gasteiger partial charge in [0.1, 0.15) is 0 Å². The maximum absolute atomic E-state index is 8.77. The van der Waals surface area contributed by atoms with Crippen LogP contribution in [0.1, 0.15) is 30.5 Å². The average molecular weight is 199 g/mol. The lowest BCUT2D eigenvalue weighted by atomic mass is 10.0. The molecule has 3 N–H and O–H groups in total. The van der Waals surface area contributed by atoms with E-state index in [9.17, 15) is 0 Å². The molecule has 3 nitrogen and oxygen atoms in total. The molecule has 76 valence electrons. The highest BCUT2D eigenvalue weighted by molar-refractivity contribution is 5.84. The van der Waals surface area contributed by atoms with Gasteiger partial charge in [-0.3, -0.25) is 0 Å². The first-order chi connectivity index (χ1) is 7.26. The quantitative estimate of drug-likeness (QED) is 0.780. The van der Waals surface area contributed by atoms with Gasteiger partial charge in [-0.25, -0.2) is 0 Å². The normalized spacial score (nSPS) is 12.6. The third-order valence-corrected chi connectivity index (χ3v) is 2.68. The van der Waals surface area contributed by atoms with E-state index in [4.69, 9.17) is 11.0 Å². The van der Waals surface area contributed by atoms with Crippen LogP contribution in [0.4, 0.5) is 0 Å². The molecule has 0 aliphatic rings. The SMILES string of the molecule is CC[C@@H](N)c1c[nH]c2cc(C#N)ccc12. The number of nitriles is 1. The van der Waals surface area contributed by atoms with E-state index >= 15 is 0 Å². The average Bonchev–Trinajstić information content (AvgIpc) is 2.70. The van der Waals surface area contributed by atoms with Gasteiger partial charge in [0, 0.05) is 23.1 Å². The fourth-order valence-corrected chi connectivity index (χ4v) is 1.74. The first-order valence-electron chi connectivity index (χ1n) is 5.03. The van der Waals surface area contributed by atoms with Gasteiger partial charge in [-0.1, -0.05) is 13.0 Å². The number of nitrogens with two attached hydrogens (primary N) is 1. The minimum absolute atomic E-state index is 0.0617. The van der Waals surface area contributed by atoms with Crippen molar-refractivity contribution in [1.82, 2.24) is 4.98 Å². The van der Waals surface area contributed by atoms with Crippen LogP contribution in [0.5, 0.6) is 0 Å². The summed E-state index contributed by atoms with van der Waals surface area (Å²) in [5.41, 5.74) is 8.76.